The average Bonchev–Trinajstić information content (AvgIpc) is 3.26. The molecule has 0 aliphatic heterocycles. The van der Waals surface area contributed by atoms with Gasteiger partial charge >= 0.3 is 6.61 Å². The van der Waals surface area contributed by atoms with Gasteiger partial charge in [-0.25, -0.2) is 0 Å². The maximum Gasteiger partial charge on any atom is 0.387 e. The van der Waals surface area contributed by atoms with Gasteiger partial charge in [0.15, 0.2) is 0 Å². The molecule has 32 heavy (non-hydrogen) atoms. The number of halogens is 3. The molecule has 0 saturated carbocycles. The largest absolute Gasteiger partial charge is 0.433 e. The molecule has 4 rings (SSSR count). The van der Waals surface area contributed by atoms with Crippen LogP contribution in [0.15, 0.2) is 71.1 Å². The van der Waals surface area contributed by atoms with Crippen LogP contribution in [0.25, 0.3) is 22.9 Å². The number of rotatable bonds is 6. The van der Waals surface area contributed by atoms with Gasteiger partial charge in [-0.2, -0.15) is 8.78 Å². The third-order valence-corrected chi connectivity index (χ3v) is 4.79. The lowest BCUT2D eigenvalue weighted by Crippen LogP contribution is -2.12. The number of hydrogen-bond acceptors (Lipinski definition) is 5. The highest BCUT2D eigenvalue weighted by Crippen LogP contribution is 2.29. The molecular weight excluding hydrogens is 440 g/mol. The molecule has 9 heteroatoms. The number of alkyl halides is 2. The zero-order valence-electron chi connectivity index (χ0n) is 16.7. The summed E-state index contributed by atoms with van der Waals surface area (Å²) in [7, 11) is 0. The Hall–Kier alpha value is -3.78. The van der Waals surface area contributed by atoms with Crippen LogP contribution in [-0.4, -0.2) is 22.7 Å². The fourth-order valence-electron chi connectivity index (χ4n) is 2.97. The Kier molecular flexibility index (Phi) is 6.13. The second-order valence-corrected chi connectivity index (χ2v) is 7.24. The van der Waals surface area contributed by atoms with E-state index in [1.54, 1.807) is 24.3 Å². The van der Waals surface area contributed by atoms with Gasteiger partial charge < -0.3 is 14.5 Å². The van der Waals surface area contributed by atoms with Gasteiger partial charge in [-0.1, -0.05) is 29.3 Å². The molecule has 1 amide bonds. The van der Waals surface area contributed by atoms with Crippen LogP contribution in [0, 0.1) is 6.92 Å². The van der Waals surface area contributed by atoms with E-state index in [0.717, 1.165) is 11.1 Å². The molecule has 162 valence electrons. The van der Waals surface area contributed by atoms with Crippen molar-refractivity contribution in [2.45, 2.75) is 13.5 Å². The molecule has 0 radical (unpaired) electrons. The number of aryl methyl sites for hydroxylation is 1. The van der Waals surface area contributed by atoms with Gasteiger partial charge in [0.25, 0.3) is 5.91 Å². The van der Waals surface area contributed by atoms with Gasteiger partial charge in [0.05, 0.1) is 5.02 Å². The Balaban J connectivity index is 1.46. The minimum atomic E-state index is -2.99. The smallest absolute Gasteiger partial charge is 0.387 e. The van der Waals surface area contributed by atoms with Crippen molar-refractivity contribution in [3.8, 4) is 28.7 Å². The zero-order chi connectivity index (χ0) is 22.7. The molecule has 1 N–H and O–H groups in total. The first-order valence-electron chi connectivity index (χ1n) is 9.46. The number of carbonyl (C=O) groups is 1. The number of nitrogens with one attached hydrogen (secondary N) is 1. The fourth-order valence-corrected chi connectivity index (χ4v) is 3.20. The molecule has 0 saturated heterocycles. The van der Waals surface area contributed by atoms with E-state index >= 15 is 0 Å². The third kappa shape index (κ3) is 4.92. The van der Waals surface area contributed by atoms with Crippen LogP contribution in [0.5, 0.6) is 5.75 Å². The van der Waals surface area contributed by atoms with Crippen LogP contribution < -0.4 is 10.1 Å². The Morgan fingerprint density at radius 1 is 1.00 bits per heavy atom. The first-order chi connectivity index (χ1) is 15.4. The van der Waals surface area contributed by atoms with E-state index in [0.29, 0.717) is 28.6 Å². The van der Waals surface area contributed by atoms with Crippen molar-refractivity contribution in [2.24, 2.45) is 0 Å². The van der Waals surface area contributed by atoms with Crippen molar-refractivity contribution in [1.29, 1.82) is 0 Å². The fraction of sp³-hybridized carbons (Fsp3) is 0.0870. The monoisotopic (exact) mass is 455 g/mol. The van der Waals surface area contributed by atoms with Crippen LogP contribution >= 0.6 is 11.6 Å². The molecule has 6 nitrogen and oxygen atoms in total. The van der Waals surface area contributed by atoms with E-state index in [2.05, 4.69) is 20.3 Å². The summed E-state index contributed by atoms with van der Waals surface area (Å²) in [5.74, 6) is 0.159. The molecule has 1 aromatic heterocycles. The van der Waals surface area contributed by atoms with Gasteiger partial charge in [-0.05, 0) is 61.5 Å². The highest BCUT2D eigenvalue weighted by molar-refractivity contribution is 6.32. The zero-order valence-corrected chi connectivity index (χ0v) is 17.4. The van der Waals surface area contributed by atoms with Gasteiger partial charge in [0.2, 0.25) is 11.8 Å². The highest BCUT2D eigenvalue weighted by atomic mass is 35.5. The Morgan fingerprint density at radius 2 is 1.72 bits per heavy atom. The maximum atomic E-state index is 12.5. The summed E-state index contributed by atoms with van der Waals surface area (Å²) in [6.45, 7) is -1.01. The molecule has 0 aliphatic carbocycles. The van der Waals surface area contributed by atoms with Crippen LogP contribution in [-0.2, 0) is 0 Å². The number of amides is 1. The lowest BCUT2D eigenvalue weighted by atomic mass is 10.1. The predicted molar refractivity (Wildman–Crippen MR) is 116 cm³/mol. The quantitative estimate of drug-likeness (QED) is 0.373. The molecule has 3 aromatic carbocycles. The van der Waals surface area contributed by atoms with Crippen LogP contribution in [0.2, 0.25) is 5.02 Å². The van der Waals surface area contributed by atoms with Crippen molar-refractivity contribution in [3.63, 3.8) is 0 Å². The maximum absolute atomic E-state index is 12.5. The summed E-state index contributed by atoms with van der Waals surface area (Å²) in [4.78, 5) is 12.5. The van der Waals surface area contributed by atoms with E-state index in [9.17, 15) is 13.6 Å². The minimum absolute atomic E-state index is 0.0424. The molecule has 0 bridgehead atoms. The Morgan fingerprint density at radius 3 is 2.38 bits per heavy atom. The number of aromatic nitrogens is 2. The summed E-state index contributed by atoms with van der Waals surface area (Å²) in [6, 6.07) is 18.3. The minimum Gasteiger partial charge on any atom is -0.433 e. The van der Waals surface area contributed by atoms with E-state index in [1.165, 1.54) is 18.2 Å². The number of benzene rings is 3. The number of hydrogen-bond donors (Lipinski definition) is 1. The first-order valence-corrected chi connectivity index (χ1v) is 9.83. The van der Waals surface area contributed by atoms with Crippen molar-refractivity contribution in [2.75, 3.05) is 5.32 Å². The normalized spacial score (nSPS) is 10.9. The molecule has 0 atom stereocenters. The highest BCUT2D eigenvalue weighted by Gasteiger charge is 2.14. The summed E-state index contributed by atoms with van der Waals surface area (Å²) in [5.41, 5.74) is 3.27. The van der Waals surface area contributed by atoms with Crippen LogP contribution in [0.4, 0.5) is 14.5 Å². The average molecular weight is 456 g/mol. The van der Waals surface area contributed by atoms with Crippen LogP contribution in [0.3, 0.4) is 0 Å². The number of carbonyl (C=O) groups excluding carboxylic acids is 1. The second kappa shape index (κ2) is 9.15. The summed E-state index contributed by atoms with van der Waals surface area (Å²) >= 11 is 5.91. The predicted octanol–water partition coefficient (Wildman–Crippen LogP) is 6.22. The van der Waals surface area contributed by atoms with Crippen molar-refractivity contribution < 1.29 is 22.7 Å². The van der Waals surface area contributed by atoms with Crippen molar-refractivity contribution >= 4 is 23.2 Å². The Labute approximate surface area is 186 Å². The molecule has 0 aliphatic rings. The molecule has 0 fully saturated rings. The molecule has 0 unspecified atom stereocenters. The van der Waals surface area contributed by atoms with Gasteiger partial charge in [-0.15, -0.1) is 10.2 Å². The summed E-state index contributed by atoms with van der Waals surface area (Å²) in [6.07, 6.45) is 0. The van der Waals surface area contributed by atoms with Gasteiger partial charge in [0.1, 0.15) is 5.75 Å². The van der Waals surface area contributed by atoms with Gasteiger partial charge in [-0.3, -0.25) is 4.79 Å². The number of nitrogens with zero attached hydrogens (tertiary/aromatic N) is 2. The second-order valence-electron chi connectivity index (χ2n) is 6.84. The molecule has 1 heterocycles. The first kappa shape index (κ1) is 21.5. The van der Waals surface area contributed by atoms with Gasteiger partial charge in [0, 0.05) is 22.4 Å². The lowest BCUT2D eigenvalue weighted by Gasteiger charge is -2.10. The topological polar surface area (TPSA) is 77.2 Å². The summed E-state index contributed by atoms with van der Waals surface area (Å²) in [5, 5.41) is 10.8. The number of ether oxygens (including phenoxy) is 1. The SMILES string of the molecule is Cc1cccc(-c2nnc(-c3ccc(C(=O)Nc4ccc(OC(F)F)c(Cl)c4)cc3)o2)c1. The molecule has 0 spiro atoms. The third-order valence-electron chi connectivity index (χ3n) is 4.49. The molecular formula is C23H16ClF2N3O3. The van der Waals surface area contributed by atoms with Crippen molar-refractivity contribution in [1.82, 2.24) is 10.2 Å². The van der Waals surface area contributed by atoms with E-state index in [4.69, 9.17) is 16.0 Å². The number of anilines is 1. The van der Waals surface area contributed by atoms with Crippen LogP contribution in [0.1, 0.15) is 15.9 Å². The van der Waals surface area contributed by atoms with E-state index < -0.39 is 12.5 Å². The molecule has 4 aromatic rings. The lowest BCUT2D eigenvalue weighted by molar-refractivity contribution is -0.0497. The summed E-state index contributed by atoms with van der Waals surface area (Å²) < 4.78 is 34.7. The van der Waals surface area contributed by atoms with Crippen molar-refractivity contribution in [3.05, 3.63) is 82.9 Å². The Bertz CT molecular complexity index is 1260. The standard InChI is InChI=1S/C23H16ClF2N3O3/c1-13-3-2-4-16(11-13)22-29-28-21(32-22)15-7-5-14(6-8-15)20(30)27-17-9-10-19(18(24)12-17)31-23(25)26/h2-12,23H,1H3,(H,27,30). The van der Waals surface area contributed by atoms with E-state index in [1.807, 2.05) is 31.2 Å². The van der Waals surface area contributed by atoms with E-state index in [-0.39, 0.29) is 10.8 Å².